The Bertz CT molecular complexity index is 249. The minimum absolute atomic E-state index is 0.00329. The molecule has 3 heteroatoms. The normalized spacial score (nSPS) is 25.6. The fraction of sp³-hybridized carbons (Fsp3) is 0.929. The minimum atomic E-state index is -0.268. The molecule has 0 bridgehead atoms. The molecule has 1 aliphatic heterocycles. The van der Waals surface area contributed by atoms with E-state index in [0.717, 1.165) is 38.8 Å². The Kier molecular flexibility index (Phi) is 4.99. The summed E-state index contributed by atoms with van der Waals surface area (Å²) in [6, 6.07) is 0. The average Bonchev–Trinajstić information content (AvgIpc) is 2.28. The monoisotopic (exact) mass is 241 g/mol. The molecule has 0 aromatic heterocycles. The molecule has 0 spiro atoms. The first kappa shape index (κ1) is 14.5. The molecule has 1 aliphatic rings. The van der Waals surface area contributed by atoms with Crippen LogP contribution in [0, 0.1) is 10.8 Å². The number of piperidine rings is 1. The number of hydrogen-bond acceptors (Lipinski definition) is 3. The lowest BCUT2D eigenvalue weighted by Gasteiger charge is -2.34. The molecule has 1 atom stereocenters. The number of nitrogens with one attached hydrogen (secondary N) is 1. The fourth-order valence-electron chi connectivity index (χ4n) is 2.19. The van der Waals surface area contributed by atoms with E-state index in [0.29, 0.717) is 6.61 Å². The minimum Gasteiger partial charge on any atom is -0.465 e. The lowest BCUT2D eigenvalue weighted by Crippen LogP contribution is -2.46. The molecule has 1 unspecified atom stereocenters. The lowest BCUT2D eigenvalue weighted by molar-refractivity contribution is -0.158. The van der Waals surface area contributed by atoms with Gasteiger partial charge in [0.1, 0.15) is 0 Å². The zero-order valence-corrected chi connectivity index (χ0v) is 11.8. The van der Waals surface area contributed by atoms with E-state index in [4.69, 9.17) is 4.74 Å². The molecule has 1 rings (SSSR count). The molecule has 0 amide bonds. The van der Waals surface area contributed by atoms with Crippen LogP contribution in [0.3, 0.4) is 0 Å². The van der Waals surface area contributed by atoms with Crippen molar-refractivity contribution in [2.75, 3.05) is 19.7 Å². The molecule has 0 aromatic rings. The van der Waals surface area contributed by atoms with Crippen molar-refractivity contribution in [2.45, 2.75) is 53.4 Å². The van der Waals surface area contributed by atoms with Crippen molar-refractivity contribution in [1.82, 2.24) is 5.32 Å². The van der Waals surface area contributed by atoms with Gasteiger partial charge in [-0.05, 0) is 37.6 Å². The summed E-state index contributed by atoms with van der Waals surface area (Å²) < 4.78 is 5.47. The predicted octanol–water partition coefficient (Wildman–Crippen LogP) is 2.75. The summed E-state index contributed by atoms with van der Waals surface area (Å²) in [5.41, 5.74) is -0.0411. The lowest BCUT2D eigenvalue weighted by atomic mass is 9.78. The Balaban J connectivity index is 2.44. The highest BCUT2D eigenvalue weighted by atomic mass is 16.5. The van der Waals surface area contributed by atoms with E-state index in [9.17, 15) is 4.79 Å². The van der Waals surface area contributed by atoms with Gasteiger partial charge in [0.15, 0.2) is 0 Å². The number of rotatable bonds is 4. The van der Waals surface area contributed by atoms with E-state index in [1.54, 1.807) is 0 Å². The van der Waals surface area contributed by atoms with Crippen LogP contribution >= 0.6 is 0 Å². The van der Waals surface area contributed by atoms with Crippen molar-refractivity contribution < 1.29 is 9.53 Å². The van der Waals surface area contributed by atoms with Gasteiger partial charge in [0.2, 0.25) is 0 Å². The Morgan fingerprint density at radius 3 is 2.59 bits per heavy atom. The van der Waals surface area contributed by atoms with Gasteiger partial charge in [-0.2, -0.15) is 0 Å². The summed E-state index contributed by atoms with van der Waals surface area (Å²) in [7, 11) is 0. The maximum absolute atomic E-state index is 12.2. The molecule has 1 N–H and O–H groups in total. The van der Waals surface area contributed by atoms with Crippen LogP contribution < -0.4 is 5.32 Å². The maximum atomic E-state index is 12.2. The van der Waals surface area contributed by atoms with E-state index in [2.05, 4.69) is 33.0 Å². The Morgan fingerprint density at radius 1 is 1.41 bits per heavy atom. The van der Waals surface area contributed by atoms with E-state index in [-0.39, 0.29) is 16.8 Å². The first-order chi connectivity index (χ1) is 7.90. The molecule has 3 nitrogen and oxygen atoms in total. The van der Waals surface area contributed by atoms with Gasteiger partial charge in [0.25, 0.3) is 0 Å². The topological polar surface area (TPSA) is 38.3 Å². The number of carbonyl (C=O) groups excluding carboxylic acids is 1. The molecule has 100 valence electrons. The van der Waals surface area contributed by atoms with Crippen LogP contribution in [0.2, 0.25) is 0 Å². The second kappa shape index (κ2) is 5.85. The quantitative estimate of drug-likeness (QED) is 0.769. The van der Waals surface area contributed by atoms with Crippen LogP contribution in [-0.2, 0) is 9.53 Å². The molecule has 0 aromatic carbocycles. The van der Waals surface area contributed by atoms with Crippen LogP contribution in [0.5, 0.6) is 0 Å². The van der Waals surface area contributed by atoms with Crippen molar-refractivity contribution in [3.05, 3.63) is 0 Å². The van der Waals surface area contributed by atoms with Gasteiger partial charge in [-0.3, -0.25) is 4.79 Å². The van der Waals surface area contributed by atoms with Crippen molar-refractivity contribution in [3.63, 3.8) is 0 Å². The smallest absolute Gasteiger partial charge is 0.313 e. The Hall–Kier alpha value is -0.570. The average molecular weight is 241 g/mol. The van der Waals surface area contributed by atoms with Crippen LogP contribution in [-0.4, -0.2) is 25.7 Å². The van der Waals surface area contributed by atoms with Gasteiger partial charge < -0.3 is 10.1 Å². The third kappa shape index (κ3) is 4.30. The highest BCUT2D eigenvalue weighted by Gasteiger charge is 2.39. The van der Waals surface area contributed by atoms with E-state index in [1.165, 1.54) is 0 Å². The number of carbonyl (C=O) groups is 1. The van der Waals surface area contributed by atoms with Crippen LogP contribution in [0.15, 0.2) is 0 Å². The summed E-state index contributed by atoms with van der Waals surface area (Å²) in [5.74, 6) is -0.00329. The van der Waals surface area contributed by atoms with Crippen LogP contribution in [0.4, 0.5) is 0 Å². The molecule has 0 radical (unpaired) electrons. The van der Waals surface area contributed by atoms with Crippen LogP contribution in [0.1, 0.15) is 53.4 Å². The molecule has 1 saturated heterocycles. The highest BCUT2D eigenvalue weighted by molar-refractivity contribution is 5.77. The van der Waals surface area contributed by atoms with Gasteiger partial charge in [-0.15, -0.1) is 0 Å². The largest absolute Gasteiger partial charge is 0.465 e. The number of hydrogen-bond donors (Lipinski definition) is 1. The van der Waals surface area contributed by atoms with Gasteiger partial charge in [0.05, 0.1) is 12.0 Å². The summed E-state index contributed by atoms with van der Waals surface area (Å²) in [5, 5.41) is 3.31. The van der Waals surface area contributed by atoms with Gasteiger partial charge in [-0.25, -0.2) is 0 Å². The van der Waals surface area contributed by atoms with Crippen molar-refractivity contribution >= 4 is 5.97 Å². The molecule has 1 heterocycles. The molecule has 1 fully saturated rings. The summed E-state index contributed by atoms with van der Waals surface area (Å²) in [6.45, 7) is 10.9. The fourth-order valence-corrected chi connectivity index (χ4v) is 2.19. The van der Waals surface area contributed by atoms with Gasteiger partial charge in [-0.1, -0.05) is 27.7 Å². The first-order valence-corrected chi connectivity index (χ1v) is 6.78. The molecule has 0 saturated carbocycles. The first-order valence-electron chi connectivity index (χ1n) is 6.78. The summed E-state index contributed by atoms with van der Waals surface area (Å²) in [4.78, 5) is 12.2. The zero-order chi connectivity index (χ0) is 12.9. The Morgan fingerprint density at radius 2 is 2.12 bits per heavy atom. The van der Waals surface area contributed by atoms with Crippen molar-refractivity contribution in [2.24, 2.45) is 10.8 Å². The van der Waals surface area contributed by atoms with Gasteiger partial charge >= 0.3 is 5.97 Å². The maximum Gasteiger partial charge on any atom is 0.313 e. The third-order valence-corrected chi connectivity index (χ3v) is 3.67. The van der Waals surface area contributed by atoms with E-state index in [1.807, 2.05) is 0 Å². The number of esters is 1. The van der Waals surface area contributed by atoms with E-state index < -0.39 is 0 Å². The number of ether oxygens (including phenoxy) is 1. The third-order valence-electron chi connectivity index (χ3n) is 3.67. The van der Waals surface area contributed by atoms with Crippen molar-refractivity contribution in [1.29, 1.82) is 0 Å². The summed E-state index contributed by atoms with van der Waals surface area (Å²) >= 11 is 0. The molecule has 17 heavy (non-hydrogen) atoms. The molecular formula is C14H27NO2. The van der Waals surface area contributed by atoms with Crippen molar-refractivity contribution in [3.8, 4) is 0 Å². The molecule has 0 aliphatic carbocycles. The predicted molar refractivity (Wildman–Crippen MR) is 69.9 cm³/mol. The standard InChI is InChI=1S/C14H27NO2/c1-5-14(7-6-9-15-11-14)12(16)17-10-8-13(2,3)4/h15H,5-11H2,1-4H3. The van der Waals surface area contributed by atoms with Crippen LogP contribution in [0.25, 0.3) is 0 Å². The zero-order valence-electron chi connectivity index (χ0n) is 11.8. The Labute approximate surface area is 105 Å². The van der Waals surface area contributed by atoms with E-state index >= 15 is 0 Å². The highest BCUT2D eigenvalue weighted by Crippen LogP contribution is 2.31. The SMILES string of the molecule is CCC1(C(=O)OCCC(C)(C)C)CCCNC1. The second-order valence-corrected chi connectivity index (χ2v) is 6.36. The van der Waals surface area contributed by atoms with Gasteiger partial charge in [0, 0.05) is 6.54 Å². The molecular weight excluding hydrogens is 214 g/mol. The second-order valence-electron chi connectivity index (χ2n) is 6.36. The summed E-state index contributed by atoms with van der Waals surface area (Å²) in [6.07, 6.45) is 3.83.